The van der Waals surface area contributed by atoms with E-state index in [9.17, 15) is 10.5 Å². The number of fused-ring (bicyclic) bond motifs is 4. The highest BCUT2D eigenvalue weighted by atomic mass is 16.5. The molecule has 0 bridgehead atoms. The van der Waals surface area contributed by atoms with Gasteiger partial charge in [-0.2, -0.15) is 10.5 Å². The summed E-state index contributed by atoms with van der Waals surface area (Å²) in [5.41, 5.74) is 14.3. The second-order valence-electron chi connectivity index (χ2n) is 14.8. The molecule has 0 spiro atoms. The average Bonchev–Trinajstić information content (AvgIpc) is 3.21. The van der Waals surface area contributed by atoms with Crippen molar-refractivity contribution in [2.24, 2.45) is 0 Å². The van der Waals surface area contributed by atoms with E-state index in [1.807, 2.05) is 30.3 Å². The minimum absolute atomic E-state index is 0.0777. The van der Waals surface area contributed by atoms with Gasteiger partial charge in [-0.25, -0.2) is 0 Å². The normalized spacial score (nSPS) is 12.5. The molecular weight excluding hydrogens is 645 g/mol. The van der Waals surface area contributed by atoms with Crippen LogP contribution in [0.25, 0.3) is 33.4 Å². The fraction of sp³-hybridized carbons (Fsp3) is 0.0833. The van der Waals surface area contributed by atoms with Crippen LogP contribution in [0.1, 0.15) is 37.5 Å². The van der Waals surface area contributed by atoms with E-state index in [1.54, 1.807) is 6.07 Å². The fourth-order valence-corrected chi connectivity index (χ4v) is 7.88. The third-order valence-electron chi connectivity index (χ3n) is 10.6. The second kappa shape index (κ2) is 12.4. The van der Waals surface area contributed by atoms with Gasteiger partial charge in [-0.1, -0.05) is 142 Å². The number of benzene rings is 7. The molecule has 7 aromatic carbocycles. The Labute approximate surface area is 310 Å². The van der Waals surface area contributed by atoms with Crippen molar-refractivity contribution in [3.8, 4) is 57.0 Å². The lowest BCUT2D eigenvalue weighted by Gasteiger charge is -2.41. The Morgan fingerprint density at radius 1 is 0.547 bits per heavy atom. The lowest BCUT2D eigenvalue weighted by atomic mass is 9.33. The molecule has 0 saturated carbocycles. The van der Waals surface area contributed by atoms with Gasteiger partial charge in [0.1, 0.15) is 23.6 Å². The minimum atomic E-state index is -0.289. The van der Waals surface area contributed by atoms with Crippen LogP contribution in [0.3, 0.4) is 0 Å². The van der Waals surface area contributed by atoms with Crippen LogP contribution in [0.4, 0.5) is 17.1 Å². The van der Waals surface area contributed by atoms with Gasteiger partial charge in [0.25, 0.3) is 6.71 Å². The van der Waals surface area contributed by atoms with Crippen molar-refractivity contribution in [3.05, 3.63) is 168 Å². The zero-order valence-corrected chi connectivity index (χ0v) is 29.8. The zero-order chi connectivity index (χ0) is 36.3. The monoisotopic (exact) mass is 679 g/mol. The van der Waals surface area contributed by atoms with Gasteiger partial charge in [-0.05, 0) is 91.1 Å². The predicted octanol–water partition coefficient (Wildman–Crippen LogP) is 10.1. The Bertz CT molecular complexity index is 2630. The van der Waals surface area contributed by atoms with Crippen LogP contribution in [-0.2, 0) is 5.41 Å². The van der Waals surface area contributed by atoms with Crippen LogP contribution in [0.2, 0.25) is 0 Å². The smallest absolute Gasteiger partial charge is 0.256 e. The summed E-state index contributed by atoms with van der Waals surface area (Å²) >= 11 is 0. The molecule has 9 rings (SSSR count). The first-order valence-corrected chi connectivity index (χ1v) is 17.9. The van der Waals surface area contributed by atoms with Gasteiger partial charge in [0.05, 0.1) is 16.8 Å². The molecule has 0 N–H and O–H groups in total. The van der Waals surface area contributed by atoms with Crippen LogP contribution < -0.4 is 26.0 Å². The van der Waals surface area contributed by atoms with E-state index in [4.69, 9.17) is 4.74 Å². The van der Waals surface area contributed by atoms with E-state index in [-0.39, 0.29) is 12.1 Å². The Morgan fingerprint density at radius 3 is 1.66 bits per heavy atom. The molecule has 7 aromatic rings. The largest absolute Gasteiger partial charge is 0.457 e. The molecule has 2 aliphatic rings. The van der Waals surface area contributed by atoms with Gasteiger partial charge in [0, 0.05) is 11.4 Å². The first-order valence-electron chi connectivity index (χ1n) is 17.9. The Morgan fingerprint density at radius 2 is 1.08 bits per heavy atom. The molecule has 5 heteroatoms. The molecule has 2 heterocycles. The van der Waals surface area contributed by atoms with Crippen molar-refractivity contribution >= 4 is 40.2 Å². The van der Waals surface area contributed by atoms with Crippen molar-refractivity contribution in [1.82, 2.24) is 0 Å². The second-order valence-corrected chi connectivity index (χ2v) is 14.8. The minimum Gasteiger partial charge on any atom is -0.457 e. The maximum absolute atomic E-state index is 10.7. The number of hydrogen-bond acceptors (Lipinski definition) is 4. The Hall–Kier alpha value is -6.82. The van der Waals surface area contributed by atoms with Gasteiger partial charge < -0.3 is 9.64 Å². The molecule has 0 radical (unpaired) electrons. The van der Waals surface area contributed by atoms with E-state index in [0.29, 0.717) is 22.6 Å². The molecule has 0 aromatic heterocycles. The van der Waals surface area contributed by atoms with Gasteiger partial charge in [-0.15, -0.1) is 0 Å². The Kier molecular flexibility index (Phi) is 7.54. The van der Waals surface area contributed by atoms with Crippen molar-refractivity contribution < 1.29 is 4.74 Å². The molecule has 0 amide bonds. The fourth-order valence-electron chi connectivity index (χ4n) is 7.88. The van der Waals surface area contributed by atoms with Crippen molar-refractivity contribution in [1.29, 1.82) is 10.5 Å². The van der Waals surface area contributed by atoms with Crippen LogP contribution in [0, 0.1) is 22.7 Å². The van der Waals surface area contributed by atoms with Gasteiger partial charge in [-0.3, -0.25) is 0 Å². The summed E-state index contributed by atoms with van der Waals surface area (Å²) in [4.78, 5) is 2.18. The molecule has 0 unspecified atom stereocenters. The molecule has 0 atom stereocenters. The van der Waals surface area contributed by atoms with Crippen LogP contribution in [0.5, 0.6) is 11.5 Å². The van der Waals surface area contributed by atoms with E-state index < -0.39 is 0 Å². The third kappa shape index (κ3) is 5.38. The Balaban J connectivity index is 1.28. The molecule has 53 heavy (non-hydrogen) atoms. The van der Waals surface area contributed by atoms with Crippen molar-refractivity contribution in [2.75, 3.05) is 4.90 Å². The first-order chi connectivity index (χ1) is 25.8. The summed E-state index contributed by atoms with van der Waals surface area (Å²) in [6.07, 6.45) is 0. The standard InChI is InChI=1S/C48H34BN3O/c1-48(2,3)39-20-14-33(15-21-39)34-16-22-40(23-17-34)52-43-24-18-35(31-10-6-4-7-11-31)27-41(43)49-42-28-36(32-12-8-5-9-13-32)19-25-44(42)53-47-38(30-51)26-37(29-50)46(52)45(47)49/h4-28H,1-3H3. The van der Waals surface area contributed by atoms with Crippen LogP contribution in [0.15, 0.2) is 152 Å². The molecule has 0 fully saturated rings. The molecule has 2 aliphatic heterocycles. The summed E-state index contributed by atoms with van der Waals surface area (Å²) in [6.45, 7) is 6.39. The molecular formula is C48H34BN3O. The molecule has 0 saturated heterocycles. The topological polar surface area (TPSA) is 60.0 Å². The summed E-state index contributed by atoms with van der Waals surface area (Å²) in [5, 5.41) is 21.2. The molecule has 4 nitrogen and oxygen atoms in total. The number of hydrogen-bond donors (Lipinski definition) is 0. The van der Waals surface area contributed by atoms with Crippen molar-refractivity contribution in [3.63, 3.8) is 0 Å². The number of nitrogens with zero attached hydrogens (tertiary/aromatic N) is 3. The van der Waals surface area contributed by atoms with E-state index >= 15 is 0 Å². The summed E-state index contributed by atoms with van der Waals surface area (Å²) < 4.78 is 6.70. The lowest BCUT2D eigenvalue weighted by Crippen LogP contribution is -2.60. The highest BCUT2D eigenvalue weighted by Crippen LogP contribution is 2.45. The maximum atomic E-state index is 10.7. The summed E-state index contributed by atoms with van der Waals surface area (Å²) in [7, 11) is 0. The third-order valence-corrected chi connectivity index (χ3v) is 10.6. The first kappa shape index (κ1) is 32.1. The van der Waals surface area contributed by atoms with Crippen LogP contribution in [-0.4, -0.2) is 6.71 Å². The number of ether oxygens (including phenoxy) is 1. The number of anilines is 3. The van der Waals surface area contributed by atoms with Gasteiger partial charge >= 0.3 is 0 Å². The van der Waals surface area contributed by atoms with E-state index in [0.717, 1.165) is 66.8 Å². The SMILES string of the molecule is CC(C)(C)c1ccc(-c2ccc(N3c4ccc(-c5ccccc5)cc4B4c5cc(-c6ccccc6)ccc5Oc5c(C#N)cc(C#N)c3c54)cc2)cc1. The predicted molar refractivity (Wildman–Crippen MR) is 217 cm³/mol. The zero-order valence-electron chi connectivity index (χ0n) is 29.8. The van der Waals surface area contributed by atoms with Gasteiger partial charge in [0.2, 0.25) is 0 Å². The van der Waals surface area contributed by atoms with E-state index in [2.05, 4.69) is 153 Å². The summed E-state index contributed by atoms with van der Waals surface area (Å²) in [6, 6.07) is 57.4. The quantitative estimate of drug-likeness (QED) is 0.174. The maximum Gasteiger partial charge on any atom is 0.256 e. The summed E-state index contributed by atoms with van der Waals surface area (Å²) in [5.74, 6) is 1.21. The number of rotatable bonds is 4. The van der Waals surface area contributed by atoms with Gasteiger partial charge in [0.15, 0.2) is 0 Å². The number of nitriles is 2. The molecule has 0 aliphatic carbocycles. The van der Waals surface area contributed by atoms with E-state index in [1.165, 1.54) is 5.56 Å². The van der Waals surface area contributed by atoms with Crippen molar-refractivity contribution in [2.45, 2.75) is 26.2 Å². The highest BCUT2D eigenvalue weighted by molar-refractivity contribution is 6.99. The molecule has 250 valence electrons. The highest BCUT2D eigenvalue weighted by Gasteiger charge is 2.44. The lowest BCUT2D eigenvalue weighted by molar-refractivity contribution is 0.486. The average molecular weight is 680 g/mol. The van der Waals surface area contributed by atoms with Crippen LogP contribution >= 0.6 is 0 Å².